The highest BCUT2D eigenvalue weighted by Gasteiger charge is 2.30. The zero-order chi connectivity index (χ0) is 16.7. The third-order valence-corrected chi connectivity index (χ3v) is 5.75. The summed E-state index contributed by atoms with van der Waals surface area (Å²) in [6.07, 6.45) is 5.40. The Morgan fingerprint density at radius 2 is 2.33 bits per heavy atom. The van der Waals surface area contributed by atoms with Crippen LogP contribution < -0.4 is 4.72 Å². The van der Waals surface area contributed by atoms with Gasteiger partial charge in [-0.1, -0.05) is 6.92 Å². The van der Waals surface area contributed by atoms with E-state index in [9.17, 15) is 8.42 Å². The van der Waals surface area contributed by atoms with Crippen LogP contribution in [0.3, 0.4) is 0 Å². The van der Waals surface area contributed by atoms with Gasteiger partial charge in [0.2, 0.25) is 10.0 Å². The van der Waals surface area contributed by atoms with Crippen molar-refractivity contribution in [1.82, 2.24) is 29.5 Å². The van der Waals surface area contributed by atoms with Gasteiger partial charge in [-0.2, -0.15) is 5.10 Å². The predicted octanol–water partition coefficient (Wildman–Crippen LogP) is 1.53. The lowest BCUT2D eigenvalue weighted by Gasteiger charge is -2.22. The Hall–Kier alpha value is -2.26. The van der Waals surface area contributed by atoms with Crippen molar-refractivity contribution >= 4 is 21.1 Å². The molecule has 3 aromatic rings. The van der Waals surface area contributed by atoms with E-state index in [0.717, 1.165) is 25.2 Å². The molecule has 0 amide bonds. The number of aromatic amines is 1. The number of hydrogen-bond acceptors (Lipinski definition) is 5. The fraction of sp³-hybridized carbons (Fsp3) is 0.400. The third kappa shape index (κ3) is 2.49. The van der Waals surface area contributed by atoms with Gasteiger partial charge in [-0.05, 0) is 25.0 Å². The van der Waals surface area contributed by atoms with E-state index in [4.69, 9.17) is 0 Å². The van der Waals surface area contributed by atoms with Gasteiger partial charge in [0.15, 0.2) is 5.82 Å². The largest absolute Gasteiger partial charge is 0.345 e. The van der Waals surface area contributed by atoms with Crippen LogP contribution in [0.25, 0.3) is 11.0 Å². The van der Waals surface area contributed by atoms with Gasteiger partial charge in [0.05, 0.1) is 6.04 Å². The van der Waals surface area contributed by atoms with Crippen molar-refractivity contribution < 1.29 is 8.42 Å². The molecule has 0 aliphatic carbocycles. The SMILES string of the molecule is CCc1nc2n(n1)CCC[C@H]2NS(=O)(=O)c1c[nH]c2ncccc12. The summed E-state index contributed by atoms with van der Waals surface area (Å²) >= 11 is 0. The molecule has 9 heteroatoms. The van der Waals surface area contributed by atoms with Crippen LogP contribution in [0.2, 0.25) is 0 Å². The second-order valence-electron chi connectivity index (χ2n) is 5.83. The van der Waals surface area contributed by atoms with E-state index in [2.05, 4.69) is 24.8 Å². The molecule has 0 unspecified atom stereocenters. The smallest absolute Gasteiger partial charge is 0.243 e. The summed E-state index contributed by atoms with van der Waals surface area (Å²) in [6.45, 7) is 2.76. The molecule has 3 aromatic heterocycles. The van der Waals surface area contributed by atoms with Crippen LogP contribution in [0.5, 0.6) is 0 Å². The fourth-order valence-electron chi connectivity index (χ4n) is 3.06. The molecule has 2 N–H and O–H groups in total. The summed E-state index contributed by atoms with van der Waals surface area (Å²) in [5, 5.41) is 5.00. The lowest BCUT2D eigenvalue weighted by atomic mass is 10.1. The Labute approximate surface area is 139 Å². The Bertz CT molecular complexity index is 990. The number of rotatable bonds is 4. The normalized spacial score (nSPS) is 18.0. The van der Waals surface area contributed by atoms with Crippen LogP contribution in [0, 0.1) is 0 Å². The molecule has 4 heterocycles. The van der Waals surface area contributed by atoms with Crippen LogP contribution in [0.4, 0.5) is 0 Å². The van der Waals surface area contributed by atoms with Crippen molar-refractivity contribution in [3.8, 4) is 0 Å². The first-order valence-corrected chi connectivity index (χ1v) is 9.45. The second-order valence-corrected chi connectivity index (χ2v) is 7.51. The van der Waals surface area contributed by atoms with Gasteiger partial charge in [-0.25, -0.2) is 27.8 Å². The summed E-state index contributed by atoms with van der Waals surface area (Å²) in [4.78, 5) is 11.7. The lowest BCUT2D eigenvalue weighted by Crippen LogP contribution is -2.33. The number of aromatic nitrogens is 5. The van der Waals surface area contributed by atoms with E-state index >= 15 is 0 Å². The minimum atomic E-state index is -3.69. The number of sulfonamides is 1. The molecule has 1 atom stereocenters. The number of hydrogen-bond donors (Lipinski definition) is 2. The van der Waals surface area contributed by atoms with Gasteiger partial charge >= 0.3 is 0 Å². The molecule has 0 saturated carbocycles. The van der Waals surface area contributed by atoms with Crippen molar-refractivity contribution in [2.45, 2.75) is 43.7 Å². The Morgan fingerprint density at radius 1 is 1.46 bits per heavy atom. The molecule has 126 valence electrons. The van der Waals surface area contributed by atoms with Gasteiger partial charge < -0.3 is 4.98 Å². The summed E-state index contributed by atoms with van der Waals surface area (Å²) in [5.41, 5.74) is 0.554. The van der Waals surface area contributed by atoms with E-state index in [1.165, 1.54) is 6.20 Å². The van der Waals surface area contributed by atoms with E-state index in [1.54, 1.807) is 18.3 Å². The predicted molar refractivity (Wildman–Crippen MR) is 87.8 cm³/mol. The third-order valence-electron chi connectivity index (χ3n) is 4.23. The molecule has 0 radical (unpaired) electrons. The first-order chi connectivity index (χ1) is 11.6. The molecule has 1 aliphatic heterocycles. The standard InChI is InChI=1S/C15H18N6O2S/c1-2-13-18-15-11(6-4-8-21(15)19-13)20-24(22,23)12-9-17-14-10(12)5-3-7-16-14/h3,5,7,9,11,20H,2,4,6,8H2,1H3,(H,16,17)/t11-/m1/s1. The molecular weight excluding hydrogens is 328 g/mol. The molecular formula is C15H18N6O2S. The van der Waals surface area contributed by atoms with Crippen molar-refractivity contribution in [3.63, 3.8) is 0 Å². The molecule has 0 saturated heterocycles. The van der Waals surface area contributed by atoms with Gasteiger partial charge in [-0.3, -0.25) is 0 Å². The van der Waals surface area contributed by atoms with Crippen LogP contribution in [-0.2, 0) is 23.0 Å². The van der Waals surface area contributed by atoms with E-state index in [-0.39, 0.29) is 10.9 Å². The van der Waals surface area contributed by atoms with Crippen molar-refractivity contribution in [3.05, 3.63) is 36.2 Å². The summed E-state index contributed by atoms with van der Waals surface area (Å²) in [5.74, 6) is 1.44. The highest BCUT2D eigenvalue weighted by atomic mass is 32.2. The van der Waals surface area contributed by atoms with E-state index < -0.39 is 10.0 Å². The Morgan fingerprint density at radius 3 is 3.17 bits per heavy atom. The molecule has 0 fully saturated rings. The number of pyridine rings is 1. The first kappa shape index (κ1) is 15.3. The topological polar surface area (TPSA) is 106 Å². The maximum atomic E-state index is 12.8. The zero-order valence-corrected chi connectivity index (χ0v) is 14.0. The molecule has 1 aliphatic rings. The molecule has 4 rings (SSSR count). The molecule has 0 aromatic carbocycles. The first-order valence-electron chi connectivity index (χ1n) is 7.96. The van der Waals surface area contributed by atoms with Gasteiger partial charge in [0, 0.05) is 30.7 Å². The van der Waals surface area contributed by atoms with Crippen molar-refractivity contribution in [2.75, 3.05) is 0 Å². The highest BCUT2D eigenvalue weighted by Crippen LogP contribution is 2.27. The van der Waals surface area contributed by atoms with E-state index in [0.29, 0.717) is 23.3 Å². The molecule has 0 spiro atoms. The van der Waals surface area contributed by atoms with Gasteiger partial charge in [0.1, 0.15) is 16.4 Å². The van der Waals surface area contributed by atoms with Gasteiger partial charge in [-0.15, -0.1) is 0 Å². The fourth-order valence-corrected chi connectivity index (χ4v) is 4.46. The zero-order valence-electron chi connectivity index (χ0n) is 13.2. The van der Waals surface area contributed by atoms with Crippen LogP contribution >= 0.6 is 0 Å². The number of nitrogens with zero attached hydrogens (tertiary/aromatic N) is 4. The summed E-state index contributed by atoms with van der Waals surface area (Å²) in [6, 6.07) is 3.10. The molecule has 24 heavy (non-hydrogen) atoms. The van der Waals surface area contributed by atoms with Crippen LogP contribution in [0.15, 0.2) is 29.4 Å². The average molecular weight is 346 g/mol. The van der Waals surface area contributed by atoms with Gasteiger partial charge in [0.25, 0.3) is 0 Å². The summed E-state index contributed by atoms with van der Waals surface area (Å²) < 4.78 is 30.3. The van der Waals surface area contributed by atoms with Crippen molar-refractivity contribution in [1.29, 1.82) is 0 Å². The summed E-state index contributed by atoms with van der Waals surface area (Å²) in [7, 11) is -3.69. The maximum Gasteiger partial charge on any atom is 0.243 e. The number of H-pyrrole nitrogens is 1. The second kappa shape index (κ2) is 5.67. The highest BCUT2D eigenvalue weighted by molar-refractivity contribution is 7.89. The van der Waals surface area contributed by atoms with Crippen LogP contribution in [0.1, 0.15) is 37.5 Å². The number of aryl methyl sites for hydroxylation is 2. The minimum Gasteiger partial charge on any atom is -0.345 e. The lowest BCUT2D eigenvalue weighted by molar-refractivity contribution is 0.399. The van der Waals surface area contributed by atoms with E-state index in [1.807, 2.05) is 11.6 Å². The quantitative estimate of drug-likeness (QED) is 0.745. The number of fused-ring (bicyclic) bond motifs is 2. The van der Waals surface area contributed by atoms with Crippen molar-refractivity contribution in [2.24, 2.45) is 0 Å². The Balaban J connectivity index is 1.69. The average Bonchev–Trinajstić information content (AvgIpc) is 3.19. The maximum absolute atomic E-state index is 12.8. The monoisotopic (exact) mass is 346 g/mol. The number of nitrogens with one attached hydrogen (secondary N) is 2. The molecule has 8 nitrogen and oxygen atoms in total. The van der Waals surface area contributed by atoms with Crippen LogP contribution in [-0.4, -0.2) is 33.2 Å². The Kier molecular flexibility index (Phi) is 3.61. The minimum absolute atomic E-state index is 0.206. The molecule has 0 bridgehead atoms.